The van der Waals surface area contributed by atoms with E-state index in [4.69, 9.17) is 26.6 Å². The molecular formula is C20H44O6Si2. The summed E-state index contributed by atoms with van der Waals surface area (Å²) < 4.78 is 35.4. The van der Waals surface area contributed by atoms with Crippen LogP contribution in [-0.4, -0.2) is 57.3 Å². The van der Waals surface area contributed by atoms with E-state index >= 15 is 0 Å². The van der Waals surface area contributed by atoms with Crippen molar-refractivity contribution in [3.63, 3.8) is 0 Å². The van der Waals surface area contributed by atoms with Crippen molar-refractivity contribution < 1.29 is 26.6 Å². The third-order valence-electron chi connectivity index (χ3n) is 4.06. The second-order valence-corrected chi connectivity index (χ2v) is 11.7. The zero-order valence-corrected chi connectivity index (χ0v) is 21.1. The van der Waals surface area contributed by atoms with Gasteiger partial charge >= 0.3 is 17.6 Å². The molecule has 0 fully saturated rings. The lowest BCUT2D eigenvalue weighted by Crippen LogP contribution is -2.45. The van der Waals surface area contributed by atoms with Crippen LogP contribution < -0.4 is 0 Å². The summed E-state index contributed by atoms with van der Waals surface area (Å²) in [6.07, 6.45) is 8.53. The number of rotatable bonds is 20. The van der Waals surface area contributed by atoms with E-state index in [0.717, 1.165) is 37.8 Å². The molecule has 28 heavy (non-hydrogen) atoms. The van der Waals surface area contributed by atoms with E-state index in [2.05, 4.69) is 12.2 Å². The van der Waals surface area contributed by atoms with Gasteiger partial charge in [0.15, 0.2) is 0 Å². The van der Waals surface area contributed by atoms with Crippen LogP contribution in [0, 0.1) is 0 Å². The molecule has 168 valence electrons. The maximum atomic E-state index is 5.90. The van der Waals surface area contributed by atoms with Crippen molar-refractivity contribution in [3.05, 3.63) is 12.2 Å². The summed E-state index contributed by atoms with van der Waals surface area (Å²) in [5.41, 5.74) is 0. The fourth-order valence-corrected chi connectivity index (χ4v) is 8.39. The van der Waals surface area contributed by atoms with Gasteiger partial charge in [-0.05, 0) is 67.2 Å². The Morgan fingerprint density at radius 1 is 0.464 bits per heavy atom. The van der Waals surface area contributed by atoms with Gasteiger partial charge in [0.1, 0.15) is 0 Å². The third kappa shape index (κ3) is 11.8. The smallest absolute Gasteiger partial charge is 0.374 e. The van der Waals surface area contributed by atoms with Crippen LogP contribution in [-0.2, 0) is 26.6 Å². The molecule has 0 saturated carbocycles. The van der Waals surface area contributed by atoms with Crippen molar-refractivity contribution in [1.29, 1.82) is 0 Å². The Balaban J connectivity index is 4.31. The Morgan fingerprint density at radius 3 is 0.929 bits per heavy atom. The molecule has 0 atom stereocenters. The Morgan fingerprint density at radius 2 is 0.714 bits per heavy atom. The van der Waals surface area contributed by atoms with E-state index in [-0.39, 0.29) is 0 Å². The highest BCUT2D eigenvalue weighted by Gasteiger charge is 2.40. The number of hydrogen-bond donors (Lipinski definition) is 0. The second-order valence-electron chi connectivity index (χ2n) is 6.22. The van der Waals surface area contributed by atoms with Crippen molar-refractivity contribution >= 4 is 17.6 Å². The van der Waals surface area contributed by atoms with Gasteiger partial charge in [0.25, 0.3) is 0 Å². The van der Waals surface area contributed by atoms with Gasteiger partial charge in [-0.2, -0.15) is 0 Å². The van der Waals surface area contributed by atoms with Crippen molar-refractivity contribution in [2.24, 2.45) is 0 Å². The van der Waals surface area contributed by atoms with Crippen molar-refractivity contribution in [3.8, 4) is 0 Å². The van der Waals surface area contributed by atoms with Crippen molar-refractivity contribution in [1.82, 2.24) is 0 Å². The highest BCUT2D eigenvalue weighted by atomic mass is 28.4. The maximum absolute atomic E-state index is 5.90. The zero-order valence-electron chi connectivity index (χ0n) is 19.1. The lowest BCUT2D eigenvalue weighted by atomic mass is 10.2. The molecule has 0 amide bonds. The molecular weight excluding hydrogens is 392 g/mol. The molecule has 6 nitrogen and oxygen atoms in total. The summed E-state index contributed by atoms with van der Waals surface area (Å²) in [6.45, 7) is 15.8. The quantitative estimate of drug-likeness (QED) is 0.148. The standard InChI is InChI=1S/C20H44O6Si2/c1-7-21-27(22-8-2,23-9-3)19-17-15-13-14-16-18-20-28(24-10-4,25-11-5)26-12-6/h13-14H,7-12,15-20H2,1-6H3. The van der Waals surface area contributed by atoms with Gasteiger partial charge in [0.2, 0.25) is 0 Å². The molecule has 0 aromatic rings. The van der Waals surface area contributed by atoms with Gasteiger partial charge in [0.05, 0.1) is 0 Å². The molecule has 8 heteroatoms. The highest BCUT2D eigenvalue weighted by molar-refractivity contribution is 6.61. The average Bonchev–Trinajstić information content (AvgIpc) is 2.65. The lowest BCUT2D eigenvalue weighted by molar-refractivity contribution is 0.0700. The molecule has 0 bridgehead atoms. The highest BCUT2D eigenvalue weighted by Crippen LogP contribution is 2.21. The predicted octanol–water partition coefficient (Wildman–Crippen LogP) is 5.20. The molecule has 0 N–H and O–H groups in total. The molecule has 0 aliphatic heterocycles. The first-order chi connectivity index (χ1) is 13.6. The minimum Gasteiger partial charge on any atom is -0.374 e. The first kappa shape index (κ1) is 27.9. The third-order valence-corrected chi connectivity index (χ3v) is 10.4. The van der Waals surface area contributed by atoms with Crippen LogP contribution in [0.5, 0.6) is 0 Å². The van der Waals surface area contributed by atoms with Crippen LogP contribution in [0.2, 0.25) is 12.1 Å². The molecule has 0 rings (SSSR count). The van der Waals surface area contributed by atoms with Crippen LogP contribution in [0.15, 0.2) is 12.2 Å². The van der Waals surface area contributed by atoms with Gasteiger partial charge in [-0.25, -0.2) is 0 Å². The summed E-state index contributed by atoms with van der Waals surface area (Å²) in [6, 6.07) is 1.73. The summed E-state index contributed by atoms with van der Waals surface area (Å²) in [4.78, 5) is 0. The molecule has 0 spiro atoms. The van der Waals surface area contributed by atoms with Gasteiger partial charge in [0, 0.05) is 51.7 Å². The van der Waals surface area contributed by atoms with Crippen LogP contribution in [0.4, 0.5) is 0 Å². The monoisotopic (exact) mass is 436 g/mol. The summed E-state index contributed by atoms with van der Waals surface area (Å²) >= 11 is 0. The van der Waals surface area contributed by atoms with E-state index < -0.39 is 17.6 Å². The van der Waals surface area contributed by atoms with Gasteiger partial charge in [-0.15, -0.1) is 0 Å². The van der Waals surface area contributed by atoms with Crippen LogP contribution in [0.1, 0.15) is 67.2 Å². The van der Waals surface area contributed by atoms with Gasteiger partial charge in [-0.3, -0.25) is 0 Å². The Kier molecular flexibility index (Phi) is 17.7. The van der Waals surface area contributed by atoms with E-state index in [1.807, 2.05) is 41.5 Å². The average molecular weight is 437 g/mol. The zero-order chi connectivity index (χ0) is 21.1. The molecule has 0 heterocycles. The second kappa shape index (κ2) is 17.8. The van der Waals surface area contributed by atoms with Crippen molar-refractivity contribution in [2.45, 2.75) is 79.3 Å². The Bertz CT molecular complexity index is 314. The van der Waals surface area contributed by atoms with Crippen LogP contribution in [0.3, 0.4) is 0 Å². The normalized spacial score (nSPS) is 12.9. The summed E-state index contributed by atoms with van der Waals surface area (Å²) in [5, 5.41) is 0. The number of unbranched alkanes of at least 4 members (excludes halogenated alkanes) is 2. The molecule has 0 aromatic heterocycles. The number of hydrogen-bond acceptors (Lipinski definition) is 6. The van der Waals surface area contributed by atoms with E-state index in [1.165, 1.54) is 0 Å². The van der Waals surface area contributed by atoms with Gasteiger partial charge in [-0.1, -0.05) is 12.2 Å². The molecule has 0 aromatic carbocycles. The topological polar surface area (TPSA) is 55.4 Å². The molecule has 0 aliphatic rings. The van der Waals surface area contributed by atoms with Crippen LogP contribution >= 0.6 is 0 Å². The Hall–Kier alpha value is -0.0662. The molecule has 0 unspecified atom stereocenters. The minimum atomic E-state index is -2.50. The Labute approximate surface area is 175 Å². The fourth-order valence-electron chi connectivity index (χ4n) is 3.11. The number of allylic oxidation sites excluding steroid dienone is 2. The largest absolute Gasteiger partial charge is 0.500 e. The summed E-state index contributed by atoms with van der Waals surface area (Å²) in [5.74, 6) is 0. The maximum Gasteiger partial charge on any atom is 0.500 e. The fraction of sp³-hybridized carbons (Fsp3) is 0.900. The first-order valence-corrected chi connectivity index (χ1v) is 14.9. The summed E-state index contributed by atoms with van der Waals surface area (Å²) in [7, 11) is -5.00. The van der Waals surface area contributed by atoms with E-state index in [9.17, 15) is 0 Å². The molecule has 0 radical (unpaired) electrons. The van der Waals surface area contributed by atoms with E-state index in [0.29, 0.717) is 39.6 Å². The molecule has 0 aliphatic carbocycles. The van der Waals surface area contributed by atoms with Crippen LogP contribution in [0.25, 0.3) is 0 Å². The first-order valence-electron chi connectivity index (χ1n) is 11.1. The molecule has 0 saturated heterocycles. The van der Waals surface area contributed by atoms with Crippen molar-refractivity contribution in [2.75, 3.05) is 39.6 Å². The lowest BCUT2D eigenvalue weighted by Gasteiger charge is -2.28. The predicted molar refractivity (Wildman–Crippen MR) is 118 cm³/mol. The minimum absolute atomic E-state index is 0.632. The SMILES string of the molecule is CCO[Si](CCCC=CCCC[Si](OCC)(OCC)OCC)(OCC)OCC. The van der Waals surface area contributed by atoms with E-state index in [1.54, 1.807) is 0 Å². The van der Waals surface area contributed by atoms with Gasteiger partial charge < -0.3 is 26.6 Å².